The summed E-state index contributed by atoms with van der Waals surface area (Å²) in [6.45, 7) is 3.21. The van der Waals surface area contributed by atoms with Crippen molar-refractivity contribution < 1.29 is 18.3 Å². The molecular weight excluding hydrogens is 628 g/mol. The average Bonchev–Trinajstić information content (AvgIpc) is 2.74. The van der Waals surface area contributed by atoms with Crippen LogP contribution in [0.5, 0.6) is 0 Å². The van der Waals surface area contributed by atoms with E-state index in [0.29, 0.717) is 12.1 Å². The molecule has 31 heavy (non-hydrogen) atoms. The molecule has 0 amide bonds. The van der Waals surface area contributed by atoms with Crippen LogP contribution in [-0.4, -0.2) is 45.6 Å². The van der Waals surface area contributed by atoms with Gasteiger partial charge in [-0.3, -0.25) is 0 Å². The van der Waals surface area contributed by atoms with Crippen LogP contribution in [0.4, 0.5) is 20.2 Å². The molecule has 2 saturated heterocycles. The Morgan fingerprint density at radius 2 is 1.35 bits per heavy atom. The number of benzene rings is 2. The van der Waals surface area contributed by atoms with Crippen molar-refractivity contribution in [2.75, 3.05) is 43.7 Å². The molecule has 0 spiro atoms. The average molecular weight is 656 g/mol. The third kappa shape index (κ3) is 8.29. The molecular formula is C23H28F2I2N2O2. The van der Waals surface area contributed by atoms with E-state index in [2.05, 4.69) is 55.4 Å². The van der Waals surface area contributed by atoms with Crippen molar-refractivity contribution in [2.24, 2.45) is 0 Å². The van der Waals surface area contributed by atoms with Crippen LogP contribution in [0.2, 0.25) is 0 Å². The van der Waals surface area contributed by atoms with E-state index in [0.717, 1.165) is 70.6 Å². The summed E-state index contributed by atoms with van der Waals surface area (Å²) in [5, 5.41) is 3.34. The van der Waals surface area contributed by atoms with Crippen LogP contribution in [0.3, 0.4) is 0 Å². The van der Waals surface area contributed by atoms with Crippen LogP contribution in [0, 0.1) is 18.8 Å². The number of rotatable bonds is 4. The maximum Gasteiger partial charge on any atom is 0.126 e. The Bertz CT molecular complexity index is 804. The zero-order valence-corrected chi connectivity index (χ0v) is 21.9. The standard InChI is InChI=1S/C12H15FINO.C11H13FINO/c1-15(11-2-4-16-5-3-11)12-7-9(13)6-10(14)8-12;12-8-5-9(13)7-11(6-8)14-10-1-3-15-4-2-10/h6-8,11H,2-5H2,1H3;5-7,10,14H,1-4H2. The van der Waals surface area contributed by atoms with Crippen molar-refractivity contribution in [3.63, 3.8) is 0 Å². The minimum Gasteiger partial charge on any atom is -0.382 e. The van der Waals surface area contributed by atoms with Crippen molar-refractivity contribution in [2.45, 2.75) is 37.8 Å². The van der Waals surface area contributed by atoms with Gasteiger partial charge in [0.1, 0.15) is 11.6 Å². The van der Waals surface area contributed by atoms with Crippen LogP contribution in [0.25, 0.3) is 0 Å². The van der Waals surface area contributed by atoms with E-state index in [-0.39, 0.29) is 11.6 Å². The van der Waals surface area contributed by atoms with Gasteiger partial charge in [-0.15, -0.1) is 0 Å². The van der Waals surface area contributed by atoms with Gasteiger partial charge in [-0.25, -0.2) is 8.78 Å². The predicted octanol–water partition coefficient (Wildman–Crippen LogP) is 6.07. The molecule has 2 aromatic carbocycles. The molecule has 4 rings (SSSR count). The first kappa shape index (κ1) is 24.9. The molecule has 0 bridgehead atoms. The Morgan fingerprint density at radius 1 is 0.806 bits per heavy atom. The zero-order chi connectivity index (χ0) is 22.2. The monoisotopic (exact) mass is 656 g/mol. The Labute approximate surface area is 210 Å². The largest absolute Gasteiger partial charge is 0.382 e. The third-order valence-corrected chi connectivity index (χ3v) is 6.69. The van der Waals surface area contributed by atoms with Crippen molar-refractivity contribution in [1.29, 1.82) is 0 Å². The van der Waals surface area contributed by atoms with Gasteiger partial charge in [0.05, 0.1) is 0 Å². The fourth-order valence-electron chi connectivity index (χ4n) is 3.74. The molecule has 2 aromatic rings. The molecule has 8 heteroatoms. The van der Waals surface area contributed by atoms with E-state index in [4.69, 9.17) is 9.47 Å². The molecule has 0 unspecified atom stereocenters. The lowest BCUT2D eigenvalue weighted by Gasteiger charge is -2.33. The van der Waals surface area contributed by atoms with E-state index in [1.54, 1.807) is 12.1 Å². The first-order valence-electron chi connectivity index (χ1n) is 10.5. The molecule has 1 N–H and O–H groups in total. The third-order valence-electron chi connectivity index (χ3n) is 5.45. The molecule has 4 nitrogen and oxygen atoms in total. The number of halogens is 4. The summed E-state index contributed by atoms with van der Waals surface area (Å²) in [7, 11) is 2.03. The summed E-state index contributed by atoms with van der Waals surface area (Å²) in [4.78, 5) is 2.16. The molecule has 0 aromatic heterocycles. The molecule has 170 valence electrons. The summed E-state index contributed by atoms with van der Waals surface area (Å²) in [6.07, 6.45) is 4.02. The topological polar surface area (TPSA) is 33.7 Å². The quantitative estimate of drug-likeness (QED) is 0.406. The first-order chi connectivity index (χ1) is 14.9. The minimum absolute atomic E-state index is 0.166. The van der Waals surface area contributed by atoms with E-state index >= 15 is 0 Å². The number of nitrogens with one attached hydrogen (secondary N) is 1. The van der Waals surface area contributed by atoms with E-state index in [1.807, 2.05) is 19.2 Å². The van der Waals surface area contributed by atoms with Gasteiger partial charge in [0.15, 0.2) is 0 Å². The highest BCUT2D eigenvalue weighted by molar-refractivity contribution is 14.1. The Morgan fingerprint density at radius 3 is 1.94 bits per heavy atom. The first-order valence-corrected chi connectivity index (χ1v) is 12.6. The fraction of sp³-hybridized carbons (Fsp3) is 0.478. The van der Waals surface area contributed by atoms with Crippen molar-refractivity contribution >= 4 is 56.6 Å². The van der Waals surface area contributed by atoms with Crippen LogP contribution in [0.1, 0.15) is 25.7 Å². The summed E-state index contributed by atoms with van der Waals surface area (Å²) in [5.74, 6) is -0.350. The summed E-state index contributed by atoms with van der Waals surface area (Å²) in [5.41, 5.74) is 1.82. The number of ether oxygens (including phenoxy) is 2. The SMILES string of the molecule is CN(c1cc(F)cc(I)c1)C1CCOCC1.Fc1cc(I)cc(NC2CCOCC2)c1. The maximum absolute atomic E-state index is 13.3. The number of hydrogen-bond acceptors (Lipinski definition) is 4. The summed E-state index contributed by atoms with van der Waals surface area (Å²) < 4.78 is 38.9. The van der Waals surface area contributed by atoms with Gasteiger partial charge in [0.25, 0.3) is 0 Å². The normalized spacial score (nSPS) is 17.6. The molecule has 0 aliphatic carbocycles. The molecule has 2 aliphatic rings. The number of nitrogens with zero attached hydrogens (tertiary/aromatic N) is 1. The molecule has 2 heterocycles. The smallest absolute Gasteiger partial charge is 0.126 e. The van der Waals surface area contributed by atoms with Crippen molar-refractivity contribution in [3.05, 3.63) is 55.2 Å². The van der Waals surface area contributed by atoms with Gasteiger partial charge in [-0.1, -0.05) is 0 Å². The predicted molar refractivity (Wildman–Crippen MR) is 138 cm³/mol. The lowest BCUT2D eigenvalue weighted by atomic mass is 10.1. The second-order valence-electron chi connectivity index (χ2n) is 7.77. The van der Waals surface area contributed by atoms with Gasteiger partial charge in [-0.2, -0.15) is 0 Å². The van der Waals surface area contributed by atoms with E-state index in [9.17, 15) is 8.78 Å². The Balaban J connectivity index is 0.000000176. The highest BCUT2D eigenvalue weighted by Gasteiger charge is 2.19. The summed E-state index contributed by atoms with van der Waals surface area (Å²) >= 11 is 4.26. The van der Waals surface area contributed by atoms with E-state index in [1.165, 1.54) is 12.1 Å². The van der Waals surface area contributed by atoms with Crippen LogP contribution in [-0.2, 0) is 9.47 Å². The highest BCUT2D eigenvalue weighted by Crippen LogP contribution is 2.24. The second-order valence-corrected chi connectivity index (χ2v) is 10.3. The molecule has 2 aliphatic heterocycles. The zero-order valence-electron chi connectivity index (χ0n) is 17.6. The Hall–Kier alpha value is -0.720. The van der Waals surface area contributed by atoms with Gasteiger partial charge in [0.2, 0.25) is 0 Å². The van der Waals surface area contributed by atoms with Crippen LogP contribution in [0.15, 0.2) is 36.4 Å². The molecule has 2 fully saturated rings. The van der Waals surface area contributed by atoms with Gasteiger partial charge in [-0.05, 0) is 107 Å². The van der Waals surface area contributed by atoms with Gasteiger partial charge >= 0.3 is 0 Å². The second kappa shape index (κ2) is 12.5. The molecule has 0 saturated carbocycles. The van der Waals surface area contributed by atoms with Crippen LogP contribution >= 0.6 is 45.2 Å². The minimum atomic E-state index is -0.184. The highest BCUT2D eigenvalue weighted by atomic mass is 127. The molecule has 0 atom stereocenters. The fourth-order valence-corrected chi connectivity index (χ4v) is 4.99. The van der Waals surface area contributed by atoms with E-state index < -0.39 is 0 Å². The maximum atomic E-state index is 13.3. The summed E-state index contributed by atoms with van der Waals surface area (Å²) in [6, 6.07) is 11.0. The lowest BCUT2D eigenvalue weighted by Crippen LogP contribution is -2.36. The molecule has 0 radical (unpaired) electrons. The Kier molecular flexibility index (Phi) is 10.0. The lowest BCUT2D eigenvalue weighted by molar-refractivity contribution is 0.0855. The van der Waals surface area contributed by atoms with Crippen LogP contribution < -0.4 is 10.2 Å². The number of hydrogen-bond donors (Lipinski definition) is 1. The van der Waals surface area contributed by atoms with Crippen molar-refractivity contribution in [1.82, 2.24) is 0 Å². The van der Waals surface area contributed by atoms with Gasteiger partial charge in [0, 0.05) is 64.1 Å². The van der Waals surface area contributed by atoms with Gasteiger partial charge < -0.3 is 19.7 Å². The van der Waals surface area contributed by atoms with Crippen molar-refractivity contribution in [3.8, 4) is 0 Å². The number of anilines is 2.